The fraction of sp³-hybridized carbons (Fsp3) is 0.462. The number of aryl methyl sites for hydroxylation is 3. The lowest BCUT2D eigenvalue weighted by Crippen LogP contribution is -2.20. The first-order chi connectivity index (χ1) is 13.6. The Morgan fingerprint density at radius 1 is 0.821 bits per heavy atom. The molecule has 0 radical (unpaired) electrons. The van der Waals surface area contributed by atoms with Crippen molar-refractivity contribution in [1.29, 1.82) is 0 Å². The van der Waals surface area contributed by atoms with Crippen LogP contribution in [0.15, 0.2) is 48.7 Å². The van der Waals surface area contributed by atoms with Gasteiger partial charge in [0, 0.05) is 43.4 Å². The number of benzene rings is 2. The zero-order valence-electron chi connectivity index (χ0n) is 18.2. The van der Waals surface area contributed by atoms with Gasteiger partial charge in [0.15, 0.2) is 0 Å². The van der Waals surface area contributed by atoms with Crippen molar-refractivity contribution in [3.8, 4) is 0 Å². The van der Waals surface area contributed by atoms with Crippen LogP contribution in [0.3, 0.4) is 0 Å². The summed E-state index contributed by atoms with van der Waals surface area (Å²) in [6.45, 7) is 5.55. The molecule has 2 heteroatoms. The molecule has 0 aliphatic rings. The molecule has 0 saturated heterocycles. The average molecular weight is 377 g/mol. The maximum Gasteiger partial charge on any atom is 0.0480 e. The Bertz CT molecular complexity index is 873. The highest BCUT2D eigenvalue weighted by atomic mass is 15.1. The summed E-state index contributed by atoms with van der Waals surface area (Å²) in [5.74, 6) is 0. The summed E-state index contributed by atoms with van der Waals surface area (Å²) in [5.41, 5.74) is 7.04. The van der Waals surface area contributed by atoms with E-state index in [-0.39, 0.29) is 0 Å². The van der Waals surface area contributed by atoms with Gasteiger partial charge >= 0.3 is 0 Å². The van der Waals surface area contributed by atoms with Crippen LogP contribution in [0.4, 0.5) is 5.69 Å². The Morgan fingerprint density at radius 3 is 2.14 bits per heavy atom. The number of nitrogens with zero attached hydrogens (tertiary/aromatic N) is 2. The van der Waals surface area contributed by atoms with Crippen molar-refractivity contribution in [3.63, 3.8) is 0 Å². The molecule has 2 aromatic carbocycles. The van der Waals surface area contributed by atoms with E-state index in [1.54, 1.807) is 0 Å². The quantitative estimate of drug-likeness (QED) is 0.390. The van der Waals surface area contributed by atoms with Crippen molar-refractivity contribution in [1.82, 2.24) is 4.57 Å². The van der Waals surface area contributed by atoms with Crippen LogP contribution < -0.4 is 4.90 Å². The van der Waals surface area contributed by atoms with Crippen molar-refractivity contribution >= 4 is 16.6 Å². The minimum Gasteiger partial charge on any atom is -0.374 e. The minimum atomic E-state index is 1.03. The fourth-order valence-corrected chi connectivity index (χ4v) is 3.97. The van der Waals surface area contributed by atoms with E-state index in [1.165, 1.54) is 71.8 Å². The highest BCUT2D eigenvalue weighted by Crippen LogP contribution is 2.24. The molecule has 0 unspecified atom stereocenters. The fourth-order valence-electron chi connectivity index (χ4n) is 3.97. The summed E-state index contributed by atoms with van der Waals surface area (Å²) in [5, 5.41) is 1.43. The number of anilines is 1. The summed E-state index contributed by atoms with van der Waals surface area (Å²) in [7, 11) is 4.37. The molecule has 1 heterocycles. The molecule has 3 aromatic rings. The van der Waals surface area contributed by atoms with E-state index >= 15 is 0 Å². The normalized spacial score (nSPS) is 11.3. The number of rotatable bonds is 10. The summed E-state index contributed by atoms with van der Waals surface area (Å²) in [4.78, 5) is 2.38. The van der Waals surface area contributed by atoms with Gasteiger partial charge in [0.2, 0.25) is 0 Å². The van der Waals surface area contributed by atoms with Crippen LogP contribution in [0, 0.1) is 0 Å². The molecule has 0 fully saturated rings. The predicted octanol–water partition coefficient (Wildman–Crippen LogP) is 6.54. The highest BCUT2D eigenvalue weighted by molar-refractivity contribution is 5.84. The van der Waals surface area contributed by atoms with Crippen LogP contribution in [0.25, 0.3) is 10.9 Å². The van der Waals surface area contributed by atoms with Crippen molar-refractivity contribution in [2.75, 3.05) is 18.5 Å². The van der Waals surface area contributed by atoms with Crippen LogP contribution >= 0.6 is 0 Å². The first kappa shape index (κ1) is 20.5. The third kappa shape index (κ3) is 4.98. The maximum absolute atomic E-state index is 2.42. The van der Waals surface area contributed by atoms with Crippen LogP contribution in [0.5, 0.6) is 0 Å². The lowest BCUT2D eigenvalue weighted by Gasteiger charge is -2.19. The number of unbranched alkanes of at least 4 members (excludes halogenated alkanes) is 2. The molecule has 0 spiro atoms. The Balaban J connectivity index is 1.68. The van der Waals surface area contributed by atoms with Gasteiger partial charge in [0.05, 0.1) is 0 Å². The van der Waals surface area contributed by atoms with Gasteiger partial charge in [-0.1, -0.05) is 44.9 Å². The second kappa shape index (κ2) is 9.82. The second-order valence-electron chi connectivity index (χ2n) is 8.16. The zero-order valence-corrected chi connectivity index (χ0v) is 18.2. The van der Waals surface area contributed by atoms with Gasteiger partial charge in [-0.15, -0.1) is 0 Å². The molecule has 0 atom stereocenters. The van der Waals surface area contributed by atoms with Gasteiger partial charge in [-0.3, -0.25) is 0 Å². The molecule has 3 rings (SSSR count). The van der Waals surface area contributed by atoms with Crippen molar-refractivity contribution in [2.45, 2.75) is 58.8 Å². The van der Waals surface area contributed by atoms with E-state index in [1.807, 2.05) is 0 Å². The lowest BCUT2D eigenvalue weighted by atomic mass is 10.0. The summed E-state index contributed by atoms with van der Waals surface area (Å²) in [6, 6.07) is 16.1. The monoisotopic (exact) mass is 376 g/mol. The van der Waals surface area contributed by atoms with Crippen LogP contribution in [0.1, 0.15) is 56.2 Å². The summed E-state index contributed by atoms with van der Waals surface area (Å²) < 4.78 is 2.27. The Kier molecular flexibility index (Phi) is 7.19. The third-order valence-electron chi connectivity index (χ3n) is 5.87. The van der Waals surface area contributed by atoms with E-state index in [0.717, 1.165) is 13.0 Å². The van der Waals surface area contributed by atoms with Crippen LogP contribution in [-0.2, 0) is 26.3 Å². The highest BCUT2D eigenvalue weighted by Gasteiger charge is 2.09. The van der Waals surface area contributed by atoms with Crippen molar-refractivity contribution < 1.29 is 0 Å². The van der Waals surface area contributed by atoms with Gasteiger partial charge < -0.3 is 9.47 Å². The Morgan fingerprint density at radius 2 is 1.46 bits per heavy atom. The first-order valence-corrected chi connectivity index (χ1v) is 11.0. The summed E-state index contributed by atoms with van der Waals surface area (Å²) >= 11 is 0. The number of likely N-dealkylation sites (N-methyl/N-ethyl adjacent to an activating group) is 1. The molecule has 28 heavy (non-hydrogen) atoms. The molecule has 0 N–H and O–H groups in total. The van der Waals surface area contributed by atoms with Crippen molar-refractivity contribution in [3.05, 3.63) is 65.4 Å². The number of fused-ring (bicyclic) bond motifs is 1. The molecule has 1 aromatic heterocycles. The average Bonchev–Trinajstić information content (AvgIpc) is 3.04. The molecule has 2 nitrogen and oxygen atoms in total. The second-order valence-corrected chi connectivity index (χ2v) is 8.16. The number of aromatic nitrogens is 1. The zero-order chi connectivity index (χ0) is 19.9. The summed E-state index contributed by atoms with van der Waals surface area (Å²) in [6.07, 6.45) is 10.8. The van der Waals surface area contributed by atoms with E-state index in [9.17, 15) is 0 Å². The lowest BCUT2D eigenvalue weighted by molar-refractivity contribution is 0.794. The molecule has 0 amide bonds. The van der Waals surface area contributed by atoms with Gasteiger partial charge in [-0.25, -0.2) is 0 Å². The van der Waals surface area contributed by atoms with E-state index in [4.69, 9.17) is 0 Å². The third-order valence-corrected chi connectivity index (χ3v) is 5.87. The topological polar surface area (TPSA) is 8.17 Å². The smallest absolute Gasteiger partial charge is 0.0480 e. The van der Waals surface area contributed by atoms with Gasteiger partial charge in [0.1, 0.15) is 0 Å². The Labute approximate surface area is 171 Å². The Hall–Kier alpha value is -2.22. The van der Waals surface area contributed by atoms with Crippen LogP contribution in [-0.4, -0.2) is 18.2 Å². The largest absolute Gasteiger partial charge is 0.374 e. The molecular formula is C26H36N2. The first-order valence-electron chi connectivity index (χ1n) is 11.0. The molecular weight excluding hydrogens is 340 g/mol. The standard InChI is InChI=1S/C26H36N2/c1-5-7-9-21-11-14-24(15-12-21)27(3)18-17-23-20-28(4)26-16-13-22(10-8-6-2)19-25(23)26/h11-16,19-20H,5-10,17-18H2,1-4H3. The number of hydrogen-bond donors (Lipinski definition) is 0. The SMILES string of the molecule is CCCCc1ccc(N(C)CCc2cn(C)c3ccc(CCCC)cc23)cc1. The molecule has 150 valence electrons. The van der Waals surface area contributed by atoms with Crippen LogP contribution in [0.2, 0.25) is 0 Å². The molecule has 0 aliphatic heterocycles. The van der Waals surface area contributed by atoms with Gasteiger partial charge in [0.25, 0.3) is 0 Å². The minimum absolute atomic E-state index is 1.03. The van der Waals surface area contributed by atoms with E-state index < -0.39 is 0 Å². The van der Waals surface area contributed by atoms with Gasteiger partial charge in [-0.05, 0) is 73.1 Å². The van der Waals surface area contributed by atoms with Gasteiger partial charge in [-0.2, -0.15) is 0 Å². The van der Waals surface area contributed by atoms with E-state index in [2.05, 4.69) is 86.1 Å². The predicted molar refractivity (Wildman–Crippen MR) is 124 cm³/mol. The van der Waals surface area contributed by atoms with E-state index in [0.29, 0.717) is 0 Å². The number of hydrogen-bond acceptors (Lipinski definition) is 1. The molecule has 0 saturated carbocycles. The molecule has 0 bridgehead atoms. The maximum atomic E-state index is 2.42. The molecule has 0 aliphatic carbocycles. The van der Waals surface area contributed by atoms with Crippen molar-refractivity contribution in [2.24, 2.45) is 7.05 Å².